The summed E-state index contributed by atoms with van der Waals surface area (Å²) in [5, 5.41) is 15.2. The van der Waals surface area contributed by atoms with Crippen molar-refractivity contribution in [3.8, 4) is 0 Å². The van der Waals surface area contributed by atoms with Crippen molar-refractivity contribution in [2.24, 2.45) is 0 Å². The fraction of sp³-hybridized carbons (Fsp3) is 0.579. The first kappa shape index (κ1) is 21.9. The molecule has 3 heterocycles. The molecule has 0 saturated carbocycles. The normalized spacial score (nSPS) is 18.1. The molecule has 2 N–H and O–H groups in total. The maximum absolute atomic E-state index is 12.6. The van der Waals surface area contributed by atoms with Crippen LogP contribution in [0.1, 0.15) is 54.8 Å². The summed E-state index contributed by atoms with van der Waals surface area (Å²) in [6.45, 7) is 8.81. The largest absolute Gasteiger partial charge is 0.349 e. The average Bonchev–Trinajstić information content (AvgIpc) is 3.37. The van der Waals surface area contributed by atoms with E-state index in [0.717, 1.165) is 39.0 Å². The van der Waals surface area contributed by atoms with Gasteiger partial charge in [-0.1, -0.05) is 13.8 Å². The number of piperidine rings is 1. The van der Waals surface area contributed by atoms with Crippen LogP contribution in [-0.4, -0.2) is 53.3 Å². The first-order valence-corrected chi connectivity index (χ1v) is 10.5. The van der Waals surface area contributed by atoms with E-state index in [4.69, 9.17) is 0 Å². The van der Waals surface area contributed by atoms with E-state index in [9.17, 15) is 4.79 Å². The van der Waals surface area contributed by atoms with Gasteiger partial charge >= 0.3 is 0 Å². The number of hydrogen-bond donors (Lipinski definition) is 2. The van der Waals surface area contributed by atoms with E-state index >= 15 is 0 Å². The average molecular weight is 412 g/mol. The van der Waals surface area contributed by atoms with Gasteiger partial charge in [-0.05, 0) is 60.9 Å². The molecule has 0 radical (unpaired) electrons. The van der Waals surface area contributed by atoms with Crippen molar-refractivity contribution in [3.05, 3.63) is 40.3 Å². The molecule has 150 valence electrons. The summed E-state index contributed by atoms with van der Waals surface area (Å²) in [6, 6.07) is 4.51. The van der Waals surface area contributed by atoms with Gasteiger partial charge in [0.2, 0.25) is 0 Å². The standard InChI is InChI=1S/C19H29N5OS.ClH/c1-3-23(4-2)18(15-8-11-26-14-15)13-21-19(25)17-7-10-24(22-17)16-6-5-9-20-12-16;/h7-8,10-11,14,16,18,20H,3-6,9,12-13H2,1-2H3,(H,21,25);1H. The van der Waals surface area contributed by atoms with Crippen molar-refractivity contribution in [2.75, 3.05) is 32.7 Å². The number of hydrogen-bond acceptors (Lipinski definition) is 5. The smallest absolute Gasteiger partial charge is 0.271 e. The minimum absolute atomic E-state index is 0. The van der Waals surface area contributed by atoms with E-state index in [1.807, 2.05) is 16.9 Å². The number of nitrogens with one attached hydrogen (secondary N) is 2. The zero-order chi connectivity index (χ0) is 18.4. The van der Waals surface area contributed by atoms with Crippen molar-refractivity contribution in [2.45, 2.75) is 38.8 Å². The highest BCUT2D eigenvalue weighted by atomic mass is 35.5. The van der Waals surface area contributed by atoms with Crippen LogP contribution >= 0.6 is 23.7 Å². The van der Waals surface area contributed by atoms with Crippen LogP contribution in [0.2, 0.25) is 0 Å². The number of aromatic nitrogens is 2. The predicted octanol–water partition coefficient (Wildman–Crippen LogP) is 3.10. The van der Waals surface area contributed by atoms with E-state index in [2.05, 4.69) is 51.3 Å². The molecule has 1 saturated heterocycles. The minimum atomic E-state index is -0.0973. The van der Waals surface area contributed by atoms with Gasteiger partial charge in [0.25, 0.3) is 5.91 Å². The quantitative estimate of drug-likeness (QED) is 0.700. The third-order valence-electron chi connectivity index (χ3n) is 5.12. The van der Waals surface area contributed by atoms with E-state index in [-0.39, 0.29) is 24.4 Å². The Morgan fingerprint density at radius 1 is 1.44 bits per heavy atom. The molecule has 0 aromatic carbocycles. The van der Waals surface area contributed by atoms with Gasteiger partial charge in [0.15, 0.2) is 0 Å². The molecule has 27 heavy (non-hydrogen) atoms. The minimum Gasteiger partial charge on any atom is -0.349 e. The summed E-state index contributed by atoms with van der Waals surface area (Å²) in [7, 11) is 0. The van der Waals surface area contributed by atoms with Gasteiger partial charge in [0.05, 0.1) is 12.1 Å². The Bertz CT molecular complexity index is 680. The number of rotatable bonds is 8. The maximum atomic E-state index is 12.6. The van der Waals surface area contributed by atoms with Crippen LogP contribution in [0.3, 0.4) is 0 Å². The van der Waals surface area contributed by atoms with Gasteiger partial charge in [-0.3, -0.25) is 14.4 Å². The van der Waals surface area contributed by atoms with Crippen LogP contribution in [0.4, 0.5) is 0 Å². The molecule has 1 fully saturated rings. The summed E-state index contributed by atoms with van der Waals surface area (Å²) in [5.41, 5.74) is 1.76. The Kier molecular flexibility index (Phi) is 8.76. The molecule has 1 aliphatic heterocycles. The predicted molar refractivity (Wildman–Crippen MR) is 113 cm³/mol. The molecule has 0 spiro atoms. The molecule has 0 aliphatic carbocycles. The maximum Gasteiger partial charge on any atom is 0.271 e. The van der Waals surface area contributed by atoms with Crippen molar-refractivity contribution in [1.29, 1.82) is 0 Å². The lowest BCUT2D eigenvalue weighted by Gasteiger charge is -2.29. The third kappa shape index (κ3) is 5.54. The Hall–Kier alpha value is -1.41. The monoisotopic (exact) mass is 411 g/mol. The molecule has 2 unspecified atom stereocenters. The fourth-order valence-electron chi connectivity index (χ4n) is 3.59. The van der Waals surface area contributed by atoms with Crippen LogP contribution in [-0.2, 0) is 0 Å². The molecule has 1 aliphatic rings. The number of nitrogens with zero attached hydrogens (tertiary/aromatic N) is 3. The highest BCUT2D eigenvalue weighted by Crippen LogP contribution is 2.22. The van der Waals surface area contributed by atoms with E-state index in [0.29, 0.717) is 18.3 Å². The first-order valence-electron chi connectivity index (χ1n) is 9.53. The van der Waals surface area contributed by atoms with Crippen LogP contribution < -0.4 is 10.6 Å². The lowest BCUT2D eigenvalue weighted by atomic mass is 10.1. The Morgan fingerprint density at radius 3 is 2.89 bits per heavy atom. The number of likely N-dealkylation sites (N-methyl/N-ethyl adjacent to an activating group) is 1. The molecule has 8 heteroatoms. The van der Waals surface area contributed by atoms with Gasteiger partial charge in [-0.15, -0.1) is 12.4 Å². The van der Waals surface area contributed by atoms with E-state index < -0.39 is 0 Å². The fourth-order valence-corrected chi connectivity index (χ4v) is 4.30. The van der Waals surface area contributed by atoms with Gasteiger partial charge < -0.3 is 10.6 Å². The third-order valence-corrected chi connectivity index (χ3v) is 5.82. The SMILES string of the molecule is CCN(CC)C(CNC(=O)c1ccn(C2CCCNC2)n1)c1ccsc1.Cl. The Labute approximate surface area is 171 Å². The molecule has 2 atom stereocenters. The molecule has 6 nitrogen and oxygen atoms in total. The van der Waals surface area contributed by atoms with E-state index in [1.165, 1.54) is 5.56 Å². The molecule has 1 amide bonds. The van der Waals surface area contributed by atoms with Crippen molar-refractivity contribution in [1.82, 2.24) is 25.3 Å². The summed E-state index contributed by atoms with van der Waals surface area (Å²) in [5.74, 6) is -0.0973. The van der Waals surface area contributed by atoms with Crippen LogP contribution in [0.15, 0.2) is 29.1 Å². The number of carbonyl (C=O) groups is 1. The van der Waals surface area contributed by atoms with Crippen molar-refractivity contribution >= 4 is 29.7 Å². The van der Waals surface area contributed by atoms with Gasteiger partial charge in [0.1, 0.15) is 5.69 Å². The molecular weight excluding hydrogens is 382 g/mol. The second-order valence-electron chi connectivity index (χ2n) is 6.68. The second-order valence-corrected chi connectivity index (χ2v) is 7.46. The van der Waals surface area contributed by atoms with Crippen LogP contribution in [0.5, 0.6) is 0 Å². The Balaban J connectivity index is 0.00000261. The zero-order valence-corrected chi connectivity index (χ0v) is 17.7. The second kappa shape index (κ2) is 10.8. The number of amides is 1. The lowest BCUT2D eigenvalue weighted by molar-refractivity contribution is 0.0928. The van der Waals surface area contributed by atoms with Crippen LogP contribution in [0, 0.1) is 0 Å². The van der Waals surface area contributed by atoms with Gasteiger partial charge in [0, 0.05) is 19.3 Å². The molecule has 0 bridgehead atoms. The topological polar surface area (TPSA) is 62.2 Å². The summed E-state index contributed by atoms with van der Waals surface area (Å²) in [6.07, 6.45) is 4.18. The Morgan fingerprint density at radius 2 is 2.26 bits per heavy atom. The molecule has 2 aromatic rings. The summed E-state index contributed by atoms with van der Waals surface area (Å²) in [4.78, 5) is 15.0. The lowest BCUT2D eigenvalue weighted by Crippen LogP contribution is -2.38. The first-order chi connectivity index (χ1) is 12.7. The zero-order valence-electron chi connectivity index (χ0n) is 16.1. The highest BCUT2D eigenvalue weighted by molar-refractivity contribution is 7.07. The van der Waals surface area contributed by atoms with Crippen LogP contribution in [0.25, 0.3) is 0 Å². The highest BCUT2D eigenvalue weighted by Gasteiger charge is 2.21. The number of thiophene rings is 1. The van der Waals surface area contributed by atoms with E-state index in [1.54, 1.807) is 11.3 Å². The summed E-state index contributed by atoms with van der Waals surface area (Å²) < 4.78 is 1.93. The molecule has 3 rings (SSSR count). The number of carbonyl (C=O) groups excluding carboxylic acids is 1. The number of halogens is 1. The van der Waals surface area contributed by atoms with Crippen molar-refractivity contribution in [3.63, 3.8) is 0 Å². The molecular formula is C19H30ClN5OS. The van der Waals surface area contributed by atoms with Crippen molar-refractivity contribution < 1.29 is 4.79 Å². The van der Waals surface area contributed by atoms with Gasteiger partial charge in [-0.2, -0.15) is 16.4 Å². The summed E-state index contributed by atoms with van der Waals surface area (Å²) >= 11 is 1.70. The molecule has 2 aromatic heterocycles. The van der Waals surface area contributed by atoms with Gasteiger partial charge in [-0.25, -0.2) is 0 Å².